The molecule has 0 aromatic heterocycles. The maximum atomic E-state index is 11.9. The van der Waals surface area contributed by atoms with Crippen LogP contribution in [0, 0.1) is 0 Å². The Hall–Kier alpha value is -1.44. The van der Waals surface area contributed by atoms with Crippen LogP contribution in [-0.4, -0.2) is 381 Å². The highest BCUT2D eigenvalue weighted by Crippen LogP contribution is 2.39. The summed E-state index contributed by atoms with van der Waals surface area (Å²) in [7, 11) is 0. The van der Waals surface area contributed by atoms with E-state index in [0.29, 0.717) is 0 Å². The first-order chi connectivity index (χ1) is 38.5. The minimum Gasteiger partial charge on any atom is -0.394 e. The second kappa shape index (κ2) is 28.2. The Kier molecular flexibility index (Phi) is 22.8. The van der Waals surface area contributed by atoms with Gasteiger partial charge in [-0.3, -0.25) is 0 Å². The molecule has 0 spiro atoms. The third-order valence-electron chi connectivity index (χ3n) is 15.3. The van der Waals surface area contributed by atoms with Gasteiger partial charge in [0.15, 0.2) is 44.0 Å². The molecule has 15 rings (SSSR count). The lowest BCUT2D eigenvalue weighted by atomic mass is 9.95. The predicted molar refractivity (Wildman–Crippen MR) is 244 cm³/mol. The van der Waals surface area contributed by atoms with Crippen LogP contribution in [0.1, 0.15) is 6.92 Å². The van der Waals surface area contributed by atoms with E-state index in [4.69, 9.17) is 71.1 Å². The van der Waals surface area contributed by atoms with Gasteiger partial charge in [0.1, 0.15) is 171 Å². The number of aliphatic hydroxyl groups excluding tert-OH is 21. The summed E-state index contributed by atoms with van der Waals surface area (Å²) in [6.45, 7) is -6.61. The average Bonchev–Trinajstić information content (AvgIpc) is 3.66. The molecular weight excluding hydrogens is 1120 g/mol. The smallest absolute Gasteiger partial charge is 0.187 e. The first-order valence-electron chi connectivity index (χ1n) is 26.1. The highest BCUT2D eigenvalue weighted by Gasteiger charge is 2.60. The summed E-state index contributed by atoms with van der Waals surface area (Å²) in [5.74, 6) is 0. The SMILES string of the molecule is C[C@@H](O)CO[C@H]1[C@@H]2O[C@@H]3[C@@H](O)[C@H](O)[C@H](O[C@@H]4[C@@H](O)[C@H](O)[C@H](O[C@@H]5[C@@H](O)[C@H](O)[C@H](O[C@@H]6[C@@H](O)[C@H](O)[C@H](O[C@@H]7[C@@H](O)[C@H](O)[C@H](O[C@@H]8[C@@H](O)[C@H](O)[C@H](O[C@H]([C@H]1O)[C@H](CO)O2)O[C@H]8CO)O[C@H]7CO)O[C@H]6CO)O[C@H]5CO)O[C@H]4CO)O[C@H]3CO. The van der Waals surface area contributed by atoms with Crippen LogP contribution in [0.2, 0.25) is 0 Å². The Morgan fingerprint density at radius 1 is 0.259 bits per heavy atom. The fourth-order valence-corrected chi connectivity index (χ4v) is 10.8. The lowest BCUT2D eigenvalue weighted by Gasteiger charge is -2.50. The van der Waals surface area contributed by atoms with E-state index in [2.05, 4.69) is 0 Å². The van der Waals surface area contributed by atoms with Crippen molar-refractivity contribution in [2.75, 3.05) is 52.9 Å². The van der Waals surface area contributed by atoms with E-state index in [1.165, 1.54) is 6.92 Å². The first-order valence-corrected chi connectivity index (χ1v) is 26.1. The van der Waals surface area contributed by atoms with Crippen molar-refractivity contribution in [2.45, 2.75) is 228 Å². The zero-order valence-electron chi connectivity index (χ0n) is 43.0. The van der Waals surface area contributed by atoms with Gasteiger partial charge in [0.25, 0.3) is 0 Å². The summed E-state index contributed by atoms with van der Waals surface area (Å²) in [6, 6.07) is 0. The Balaban J connectivity index is 1.10. The largest absolute Gasteiger partial charge is 0.394 e. The van der Waals surface area contributed by atoms with Crippen LogP contribution in [0.15, 0.2) is 0 Å². The van der Waals surface area contributed by atoms with E-state index < -0.39 is 274 Å². The molecule has 15 saturated heterocycles. The molecule has 472 valence electrons. The van der Waals surface area contributed by atoms with Crippen molar-refractivity contribution in [1.29, 1.82) is 0 Å². The number of fused-ring (bicyclic) bond motifs is 7. The van der Waals surface area contributed by atoms with Crippen LogP contribution in [0.5, 0.6) is 0 Å². The number of hydrogen-bond acceptors (Lipinski definition) is 36. The van der Waals surface area contributed by atoms with E-state index >= 15 is 0 Å². The molecule has 36 heteroatoms. The third-order valence-corrected chi connectivity index (χ3v) is 15.3. The molecule has 15 fully saturated rings. The number of hydrogen-bond donors (Lipinski definition) is 21. The van der Waals surface area contributed by atoms with Crippen LogP contribution >= 0.6 is 0 Å². The van der Waals surface area contributed by atoms with Crippen molar-refractivity contribution in [3.63, 3.8) is 0 Å². The Bertz CT molecular complexity index is 1910. The molecule has 14 bridgehead atoms. The molecule has 36 nitrogen and oxygen atoms in total. The summed E-state index contributed by atoms with van der Waals surface area (Å²) >= 11 is 0. The quantitative estimate of drug-likeness (QED) is 0.0966. The molecule has 36 atom stereocenters. The van der Waals surface area contributed by atoms with Crippen LogP contribution in [-0.2, 0) is 71.1 Å². The first kappa shape index (κ1) is 65.5. The summed E-state index contributed by atoms with van der Waals surface area (Å²) in [5, 5.41) is 232. The number of rotatable bonds is 10. The van der Waals surface area contributed by atoms with Crippen molar-refractivity contribution >= 4 is 0 Å². The molecule has 0 aromatic carbocycles. The van der Waals surface area contributed by atoms with Crippen LogP contribution in [0.25, 0.3) is 0 Å². The van der Waals surface area contributed by atoms with Crippen LogP contribution < -0.4 is 0 Å². The monoisotopic (exact) mass is 1190 g/mol. The summed E-state index contributed by atoms with van der Waals surface area (Å²) in [5.41, 5.74) is 0. The van der Waals surface area contributed by atoms with Crippen molar-refractivity contribution in [3.8, 4) is 0 Å². The molecule has 0 aromatic rings. The molecule has 0 radical (unpaired) electrons. The highest BCUT2D eigenvalue weighted by molar-refractivity contribution is 5.02. The lowest BCUT2D eigenvalue weighted by Crippen LogP contribution is -2.68. The Labute approximate surface area is 458 Å². The van der Waals surface area contributed by atoms with E-state index in [9.17, 15) is 107 Å². The molecule has 0 unspecified atom stereocenters. The molecule has 0 aliphatic carbocycles. The average molecular weight is 1190 g/mol. The van der Waals surface area contributed by atoms with Gasteiger partial charge in [0.2, 0.25) is 0 Å². The van der Waals surface area contributed by atoms with Gasteiger partial charge in [-0.2, -0.15) is 0 Å². The zero-order valence-corrected chi connectivity index (χ0v) is 43.0. The van der Waals surface area contributed by atoms with Gasteiger partial charge in [-0.15, -0.1) is 0 Å². The van der Waals surface area contributed by atoms with Gasteiger partial charge in [0, 0.05) is 0 Å². The molecule has 15 aliphatic rings. The topological polar surface area (TPSA) is 563 Å². The Morgan fingerprint density at radius 2 is 0.432 bits per heavy atom. The molecule has 0 saturated carbocycles. The van der Waals surface area contributed by atoms with E-state index in [-0.39, 0.29) is 0 Å². The molecule has 15 heterocycles. The van der Waals surface area contributed by atoms with Gasteiger partial charge in [0.05, 0.1) is 59.0 Å². The predicted octanol–water partition coefficient (Wildman–Crippen LogP) is -14.8. The maximum absolute atomic E-state index is 11.9. The minimum atomic E-state index is -2.21. The number of aliphatic hydroxyl groups is 21. The van der Waals surface area contributed by atoms with E-state index in [0.717, 1.165) is 0 Å². The van der Waals surface area contributed by atoms with Gasteiger partial charge < -0.3 is 178 Å². The second-order valence-corrected chi connectivity index (χ2v) is 20.8. The van der Waals surface area contributed by atoms with Gasteiger partial charge in [-0.05, 0) is 6.92 Å². The standard InChI is InChI=1S/C45H76O36/c1-10(53)9-67-38-30(66)37-17(8-52)74-45(38)81-36-16(7-51)73-43(29(65)23(36)59)79-34-14(5-49)71-41(27(63)21(34)57)77-32-12(3-47)69-39(25(61)19(32)55)75-31-11(2-46)68-40(24(60)18(31)54)76-33-13(4-48)70-42(26(62)20(33)56)78-35-15(6-50)72-44(80-37)28(64)22(35)58/h10-66H,2-9H2,1H3/t10-,11+,12+,13+,14+,15+,16+,17+,18+,19+,20+,21+,22+,23+,24+,25+,26+,27+,28+,29+,30-,31+,32+,33+,34+,35+,36+,37+,38-,39+,40+,41+,42+,43+,44+,45+/m1/s1. The molecule has 0 amide bonds. The highest BCUT2D eigenvalue weighted by atomic mass is 16.8. The maximum Gasteiger partial charge on any atom is 0.187 e. The van der Waals surface area contributed by atoms with Crippen LogP contribution in [0.4, 0.5) is 0 Å². The fourth-order valence-electron chi connectivity index (χ4n) is 10.8. The summed E-state index contributed by atoms with van der Waals surface area (Å²) in [4.78, 5) is 0. The second-order valence-electron chi connectivity index (χ2n) is 20.8. The minimum absolute atomic E-state index is 0.568. The summed E-state index contributed by atoms with van der Waals surface area (Å²) in [6.07, 6.45) is -70.9. The van der Waals surface area contributed by atoms with Crippen molar-refractivity contribution < 1.29 is 178 Å². The molecular formula is C45H76O36. The molecule has 81 heavy (non-hydrogen) atoms. The van der Waals surface area contributed by atoms with E-state index in [1.807, 2.05) is 0 Å². The van der Waals surface area contributed by atoms with Crippen molar-refractivity contribution in [1.82, 2.24) is 0 Å². The zero-order chi connectivity index (χ0) is 59.0. The number of ether oxygens (including phenoxy) is 15. The molecule has 15 aliphatic heterocycles. The van der Waals surface area contributed by atoms with Gasteiger partial charge in [-0.25, -0.2) is 0 Å². The third kappa shape index (κ3) is 13.4. The Morgan fingerprint density at radius 3 is 0.617 bits per heavy atom. The van der Waals surface area contributed by atoms with Crippen LogP contribution in [0.3, 0.4) is 0 Å². The lowest BCUT2D eigenvalue weighted by molar-refractivity contribution is -0.398. The van der Waals surface area contributed by atoms with E-state index in [1.54, 1.807) is 0 Å². The summed E-state index contributed by atoms with van der Waals surface area (Å²) < 4.78 is 86.4. The van der Waals surface area contributed by atoms with Gasteiger partial charge in [-0.1, -0.05) is 0 Å². The van der Waals surface area contributed by atoms with Gasteiger partial charge >= 0.3 is 0 Å². The normalized spacial score (nSPS) is 53.6. The fraction of sp³-hybridized carbons (Fsp3) is 1.00. The molecule has 21 N–H and O–H groups in total. The van der Waals surface area contributed by atoms with Crippen molar-refractivity contribution in [3.05, 3.63) is 0 Å². The van der Waals surface area contributed by atoms with Crippen molar-refractivity contribution in [2.24, 2.45) is 0 Å².